The molecule has 0 saturated carbocycles. The average Bonchev–Trinajstić information content (AvgIpc) is 3.23. The van der Waals surface area contributed by atoms with E-state index in [-0.39, 0.29) is 13.1 Å². The molecule has 0 aromatic heterocycles. The number of nitrogens with two attached hydrogens (primary N) is 1. The number of hydrogen-bond donors (Lipinski definition) is 2. The lowest BCUT2D eigenvalue weighted by molar-refractivity contribution is -0.204. The van der Waals surface area contributed by atoms with Crippen molar-refractivity contribution in [2.24, 2.45) is 5.73 Å². The summed E-state index contributed by atoms with van der Waals surface area (Å²) < 4.78 is 52.3. The topological polar surface area (TPSA) is 278 Å². The number of rotatable bonds is 26. The van der Waals surface area contributed by atoms with Crippen molar-refractivity contribution in [3.8, 4) is 0 Å². The minimum absolute atomic E-state index is 0.0450. The number of esters is 8. The summed E-state index contributed by atoms with van der Waals surface area (Å²) >= 11 is 0. The van der Waals surface area contributed by atoms with Gasteiger partial charge < -0.3 is 53.4 Å². The highest BCUT2D eigenvalue weighted by Crippen LogP contribution is 2.37. The molecule has 0 unspecified atom stereocenters. The van der Waals surface area contributed by atoms with E-state index in [4.69, 9.17) is 48.1 Å². The third kappa shape index (κ3) is 18.7. The highest BCUT2D eigenvalue weighted by Gasteiger charge is 2.53. The molecule has 69 heavy (non-hydrogen) atoms. The van der Waals surface area contributed by atoms with Gasteiger partial charge >= 0.3 is 47.8 Å². The van der Waals surface area contributed by atoms with Gasteiger partial charge in [-0.15, -0.1) is 0 Å². The minimum Gasteiger partial charge on any atom is -0.457 e. The number of likely N-dealkylation sites (N-methyl/N-ethyl adjacent to an activating group) is 1. The summed E-state index contributed by atoms with van der Waals surface area (Å²) in [5.74, 6) is -8.58. The largest absolute Gasteiger partial charge is 0.457 e. The Balaban J connectivity index is 2.86. The molecule has 0 heterocycles. The Morgan fingerprint density at radius 3 is 1.20 bits per heavy atom. The number of carbonyl (C=O) groups excluding carboxylic acids is 9. The summed E-state index contributed by atoms with van der Waals surface area (Å²) in [7, 11) is -1.99. The van der Waals surface area contributed by atoms with Crippen molar-refractivity contribution in [1.82, 2.24) is 10.2 Å². The molecule has 0 fully saturated rings. The molecule has 0 saturated heterocycles. The van der Waals surface area contributed by atoms with Crippen LogP contribution in [0.2, 0.25) is 5.04 Å². The van der Waals surface area contributed by atoms with Crippen LogP contribution in [0.3, 0.4) is 0 Å². The lowest BCUT2D eigenvalue weighted by atomic mass is 9.99. The first-order chi connectivity index (χ1) is 32.2. The summed E-state index contributed by atoms with van der Waals surface area (Å²) in [6.45, 7) is 12.7. The Labute approximate surface area is 403 Å². The number of benzene rings is 2. The fourth-order valence-electron chi connectivity index (χ4n) is 7.79. The molecule has 0 bridgehead atoms. The van der Waals surface area contributed by atoms with Gasteiger partial charge in [-0.3, -0.25) is 48.1 Å². The van der Waals surface area contributed by atoms with Crippen LogP contribution in [-0.2, 0) is 85.5 Å². The third-order valence-electron chi connectivity index (χ3n) is 10.1. The lowest BCUT2D eigenvalue weighted by Gasteiger charge is -2.44. The van der Waals surface area contributed by atoms with Gasteiger partial charge in [-0.2, -0.15) is 0 Å². The van der Waals surface area contributed by atoms with Gasteiger partial charge in [-0.1, -0.05) is 81.4 Å². The van der Waals surface area contributed by atoms with Gasteiger partial charge in [-0.05, 0) is 22.5 Å². The molecule has 1 amide bonds. The second-order valence-corrected chi connectivity index (χ2v) is 21.4. The van der Waals surface area contributed by atoms with Crippen LogP contribution in [0.1, 0.15) is 76.2 Å². The van der Waals surface area contributed by atoms with Gasteiger partial charge in [0.25, 0.3) is 14.2 Å². The molecule has 2 rings (SSSR count). The summed E-state index contributed by atoms with van der Waals surface area (Å²) in [5.41, 5.74) is 5.56. The van der Waals surface area contributed by atoms with Gasteiger partial charge in [0, 0.05) is 81.6 Å². The molecule has 382 valence electrons. The van der Waals surface area contributed by atoms with Gasteiger partial charge in [-0.25, -0.2) is 0 Å². The van der Waals surface area contributed by atoms with E-state index in [9.17, 15) is 43.2 Å². The average molecular weight is 990 g/mol. The molecule has 2 aromatic rings. The van der Waals surface area contributed by atoms with E-state index in [0.717, 1.165) is 65.8 Å². The predicted molar refractivity (Wildman–Crippen MR) is 248 cm³/mol. The first kappa shape index (κ1) is 58.9. The Hall–Kier alpha value is -6.23. The summed E-state index contributed by atoms with van der Waals surface area (Å²) in [5, 5.41) is 3.54. The maximum Gasteiger partial charge on any atom is 0.303 e. The van der Waals surface area contributed by atoms with E-state index in [1.54, 1.807) is 0 Å². The number of ether oxygens (including phenoxy) is 8. The van der Waals surface area contributed by atoms with Gasteiger partial charge in [0.15, 0.2) is 42.7 Å². The summed E-state index contributed by atoms with van der Waals surface area (Å²) in [6, 6.07) is 18.9. The maximum atomic E-state index is 13.4. The molecule has 2 aromatic carbocycles. The molecular weight excluding hydrogens is 923 g/mol. The number of amides is 1. The van der Waals surface area contributed by atoms with E-state index in [0.29, 0.717) is 0 Å². The van der Waals surface area contributed by atoms with E-state index < -0.39 is 136 Å². The van der Waals surface area contributed by atoms with Crippen LogP contribution in [0, 0.1) is 0 Å². The highest BCUT2D eigenvalue weighted by atomic mass is 28.4. The maximum absolute atomic E-state index is 13.4. The molecular formula is C47H67N3O18Si. The second kappa shape index (κ2) is 27.7. The van der Waals surface area contributed by atoms with Gasteiger partial charge in [0.2, 0.25) is 6.10 Å². The van der Waals surface area contributed by atoms with E-state index in [2.05, 4.69) is 5.32 Å². The molecule has 0 aliphatic carbocycles. The monoisotopic (exact) mass is 989 g/mol. The third-order valence-corrected chi connectivity index (χ3v) is 15.1. The zero-order valence-corrected chi connectivity index (χ0v) is 42.3. The van der Waals surface area contributed by atoms with Crippen LogP contribution >= 0.6 is 0 Å². The molecule has 0 radical (unpaired) electrons. The van der Waals surface area contributed by atoms with E-state index >= 15 is 0 Å². The zero-order chi connectivity index (χ0) is 52.2. The van der Waals surface area contributed by atoms with Crippen molar-refractivity contribution in [2.45, 2.75) is 130 Å². The smallest absolute Gasteiger partial charge is 0.303 e. The van der Waals surface area contributed by atoms with E-state index in [1.807, 2.05) is 81.4 Å². The van der Waals surface area contributed by atoms with Gasteiger partial charge in [0.05, 0.1) is 6.61 Å². The number of hydrogen-bond acceptors (Lipinski definition) is 20. The first-order valence-electron chi connectivity index (χ1n) is 22.0. The molecule has 22 heteroatoms. The van der Waals surface area contributed by atoms with Gasteiger partial charge in [0.1, 0.15) is 0 Å². The standard InChI is InChI=1S/C47H67N3O18Si/c1-28(51)61-38(25-50(12)26-39(62-29(2)52)42(65-32(5)55)44(67-34(7)57)45(68-35(8)58)46(59)49-24-23-48)41(64-31(4)54)43(66-33(6)56)40(63-30(3)53)27-60-69(47(9,10)11,36-19-15-13-16-20-36)37-21-17-14-18-22-37/h13-22,38-45H,23-27,48H2,1-12H3,(H,49,59)/t38-,39-,40+,41+,42+,43+,44-,45-/m0/s1. The van der Waals surface area contributed by atoms with Crippen LogP contribution < -0.4 is 21.4 Å². The van der Waals surface area contributed by atoms with Crippen LogP contribution in [0.4, 0.5) is 0 Å². The van der Waals surface area contributed by atoms with Crippen LogP contribution in [0.25, 0.3) is 0 Å². The van der Waals surface area contributed by atoms with Crippen molar-refractivity contribution in [3.05, 3.63) is 60.7 Å². The quantitative estimate of drug-likeness (QED) is 0.0756. The second-order valence-electron chi connectivity index (χ2n) is 17.0. The lowest BCUT2D eigenvalue weighted by Crippen LogP contribution is -2.67. The highest BCUT2D eigenvalue weighted by molar-refractivity contribution is 6.99. The number of nitrogens with one attached hydrogen (secondary N) is 1. The Morgan fingerprint density at radius 2 is 0.855 bits per heavy atom. The normalized spacial score (nSPS) is 15.0. The fourth-order valence-corrected chi connectivity index (χ4v) is 12.4. The predicted octanol–water partition coefficient (Wildman–Crippen LogP) is 1.02. The van der Waals surface area contributed by atoms with Crippen LogP contribution in [0.5, 0.6) is 0 Å². The van der Waals surface area contributed by atoms with Crippen molar-refractivity contribution in [2.75, 3.05) is 39.8 Å². The minimum atomic E-state index is -3.40. The van der Waals surface area contributed by atoms with Crippen LogP contribution in [-0.4, -0.2) is 156 Å². The van der Waals surface area contributed by atoms with Crippen molar-refractivity contribution >= 4 is 72.4 Å². The molecule has 0 aliphatic heterocycles. The van der Waals surface area contributed by atoms with E-state index in [1.165, 1.54) is 11.9 Å². The number of nitrogens with zero attached hydrogens (tertiary/aromatic N) is 1. The Morgan fingerprint density at radius 1 is 0.522 bits per heavy atom. The molecule has 0 aliphatic rings. The Kier molecular flexibility index (Phi) is 23.6. The Bertz CT molecular complexity index is 2030. The summed E-state index contributed by atoms with van der Waals surface area (Å²) in [4.78, 5) is 117. The molecule has 8 atom stereocenters. The fraction of sp³-hybridized carbons (Fsp3) is 0.553. The zero-order valence-electron chi connectivity index (χ0n) is 41.3. The summed E-state index contributed by atoms with van der Waals surface area (Å²) in [6.07, 6.45) is -14.1. The van der Waals surface area contributed by atoms with Crippen molar-refractivity contribution in [3.63, 3.8) is 0 Å². The SMILES string of the molecule is CC(=O)O[C@@H]([C@H](OC(C)=O)[C@H](OC(C)=O)C(=O)NCCN)[C@H](CN(C)C[C@H](OC(C)=O)[C@@H](OC(C)=O)[C@H](OC(C)=O)[C@@H](CO[Si](c1ccccc1)(c1ccccc1)C(C)(C)C)OC(C)=O)OC(C)=O. The molecule has 3 N–H and O–H groups in total. The number of carbonyl (C=O) groups is 9. The molecule has 21 nitrogen and oxygen atoms in total. The van der Waals surface area contributed by atoms with Crippen molar-refractivity contribution < 1.29 is 85.5 Å². The first-order valence-corrected chi connectivity index (χ1v) is 23.9. The van der Waals surface area contributed by atoms with Crippen LogP contribution in [0.15, 0.2) is 60.7 Å². The van der Waals surface area contributed by atoms with Crippen molar-refractivity contribution in [1.29, 1.82) is 0 Å². The molecule has 0 spiro atoms.